The Morgan fingerprint density at radius 1 is 1.09 bits per heavy atom. The smallest absolute Gasteiger partial charge is 0.349 e. The number of hydrogen-bond acceptors (Lipinski definition) is 6. The number of rotatable bonds is 7. The largest absolute Gasteiger partial charge is 0.355 e. The molecule has 2 aliphatic rings. The summed E-state index contributed by atoms with van der Waals surface area (Å²) in [5.41, 5.74) is 1.85. The molecule has 246 valence electrons. The van der Waals surface area contributed by atoms with E-state index in [1.165, 1.54) is 16.7 Å². The molecule has 47 heavy (non-hydrogen) atoms. The third-order valence-corrected chi connectivity index (χ3v) is 9.23. The van der Waals surface area contributed by atoms with Gasteiger partial charge in [-0.3, -0.25) is 9.69 Å². The Labute approximate surface area is 276 Å². The summed E-state index contributed by atoms with van der Waals surface area (Å²) in [6, 6.07) is 12.9. The zero-order chi connectivity index (χ0) is 33.8. The highest BCUT2D eigenvalue weighted by Crippen LogP contribution is 2.38. The van der Waals surface area contributed by atoms with Gasteiger partial charge in [0.15, 0.2) is 5.65 Å². The van der Waals surface area contributed by atoms with Crippen LogP contribution in [0.1, 0.15) is 44.7 Å². The summed E-state index contributed by atoms with van der Waals surface area (Å²) in [4.78, 5) is 41.7. The average molecular weight is 665 g/mol. The van der Waals surface area contributed by atoms with Crippen molar-refractivity contribution in [1.82, 2.24) is 24.3 Å². The molecule has 6 rings (SSSR count). The van der Waals surface area contributed by atoms with Gasteiger partial charge in [-0.15, -0.1) is 0 Å². The summed E-state index contributed by atoms with van der Waals surface area (Å²) in [5.74, 6) is -3.19. The van der Waals surface area contributed by atoms with Crippen LogP contribution in [0.15, 0.2) is 66.0 Å². The molecule has 0 bridgehead atoms. The first-order valence-electron chi connectivity index (χ1n) is 15.6. The summed E-state index contributed by atoms with van der Waals surface area (Å²) in [6.45, 7) is 11.6. The van der Waals surface area contributed by atoms with Gasteiger partial charge in [-0.25, -0.2) is 27.5 Å². The summed E-state index contributed by atoms with van der Waals surface area (Å²) < 4.78 is 44.3. The van der Waals surface area contributed by atoms with Crippen LogP contribution in [0.5, 0.6) is 0 Å². The van der Waals surface area contributed by atoms with E-state index >= 15 is 4.39 Å². The van der Waals surface area contributed by atoms with Gasteiger partial charge in [-0.1, -0.05) is 62.4 Å². The number of pyridine rings is 1. The molecule has 4 aromatic rings. The highest BCUT2D eigenvalue weighted by atomic mass is 35.5. The molecule has 12 heteroatoms. The number of benzene rings is 2. The van der Waals surface area contributed by atoms with E-state index in [4.69, 9.17) is 16.6 Å². The molecule has 0 aliphatic carbocycles. The van der Waals surface area contributed by atoms with Crippen LogP contribution in [0.25, 0.3) is 28.0 Å². The second kappa shape index (κ2) is 12.4. The Balaban J connectivity index is 1.62. The first-order chi connectivity index (χ1) is 22.3. The van der Waals surface area contributed by atoms with Crippen LogP contribution in [0.3, 0.4) is 0 Å². The molecular formula is C35H36ClF3N6O2. The van der Waals surface area contributed by atoms with E-state index in [1.807, 2.05) is 50.8 Å². The molecule has 0 saturated carbocycles. The molecule has 8 nitrogen and oxygen atoms in total. The second-order valence-electron chi connectivity index (χ2n) is 12.8. The van der Waals surface area contributed by atoms with Gasteiger partial charge in [-0.2, -0.15) is 4.98 Å². The zero-order valence-corrected chi connectivity index (χ0v) is 27.4. The van der Waals surface area contributed by atoms with E-state index < -0.39 is 17.4 Å². The van der Waals surface area contributed by atoms with Gasteiger partial charge in [0.25, 0.3) is 5.92 Å². The van der Waals surface area contributed by atoms with E-state index in [2.05, 4.69) is 11.6 Å². The van der Waals surface area contributed by atoms with Gasteiger partial charge in [0, 0.05) is 37.3 Å². The number of para-hydroxylation sites is 1. The standard InChI is InChI=1S/C35H36ClF3N6O2/c1-6-29(46)43-15-22(5)44(16-21(43)4)32-26-14-27(36)30(25-11-7-8-13-28(25)37)40-33(26)45(34(47)41-32)31-23(10-9-12-24(31)20(2)3)17-42-18-35(38,39)19-42/h6-14,20-22H,1,15-19H2,2-5H3/t21-,22+/m1/s1. The molecule has 0 radical (unpaired) electrons. The van der Waals surface area contributed by atoms with Gasteiger partial charge in [0.2, 0.25) is 5.91 Å². The van der Waals surface area contributed by atoms with Gasteiger partial charge in [0.1, 0.15) is 11.6 Å². The van der Waals surface area contributed by atoms with Gasteiger partial charge in [0.05, 0.1) is 34.9 Å². The Bertz CT molecular complexity index is 1940. The number of fused-ring (bicyclic) bond motifs is 1. The van der Waals surface area contributed by atoms with E-state index in [0.29, 0.717) is 35.5 Å². The number of carbonyl (C=O) groups excluding carboxylic acids is 1. The number of hydrogen-bond donors (Lipinski definition) is 0. The van der Waals surface area contributed by atoms with Gasteiger partial charge < -0.3 is 9.80 Å². The van der Waals surface area contributed by atoms with Gasteiger partial charge >= 0.3 is 5.69 Å². The van der Waals surface area contributed by atoms with Crippen LogP contribution < -0.4 is 10.6 Å². The average Bonchev–Trinajstić information content (AvgIpc) is 3.01. The molecule has 0 spiro atoms. The molecule has 2 aliphatic heterocycles. The van der Waals surface area contributed by atoms with Gasteiger partial charge in [-0.05, 0) is 55.2 Å². The van der Waals surface area contributed by atoms with Crippen molar-refractivity contribution in [2.75, 3.05) is 31.1 Å². The highest BCUT2D eigenvalue weighted by Gasteiger charge is 2.44. The number of halogens is 4. The lowest BCUT2D eigenvalue weighted by molar-refractivity contribution is -0.133. The number of alkyl halides is 2. The van der Waals surface area contributed by atoms with Crippen LogP contribution in [0.2, 0.25) is 5.02 Å². The molecule has 0 N–H and O–H groups in total. The maximum atomic E-state index is 15.1. The lowest BCUT2D eigenvalue weighted by atomic mass is 9.96. The van der Waals surface area contributed by atoms with E-state index in [1.54, 1.807) is 34.1 Å². The molecule has 2 aromatic carbocycles. The van der Waals surface area contributed by atoms with E-state index in [0.717, 1.165) is 5.56 Å². The highest BCUT2D eigenvalue weighted by molar-refractivity contribution is 6.33. The molecule has 0 unspecified atom stereocenters. The minimum absolute atomic E-state index is 0.0564. The second-order valence-corrected chi connectivity index (χ2v) is 13.2. The quantitative estimate of drug-likeness (QED) is 0.212. The van der Waals surface area contributed by atoms with E-state index in [-0.39, 0.29) is 65.5 Å². The first kappa shape index (κ1) is 32.7. The molecule has 2 saturated heterocycles. The van der Waals surface area contributed by atoms with Crippen molar-refractivity contribution in [2.45, 2.75) is 58.2 Å². The SMILES string of the molecule is C=CC(=O)N1C[C@H](C)N(c2nc(=O)n(-c3c(CN4CC(F)(F)C4)cccc3C(C)C)c3nc(-c4ccccc4F)c(Cl)cc23)C[C@H]1C. The summed E-state index contributed by atoms with van der Waals surface area (Å²) in [5, 5.41) is 0.620. The monoisotopic (exact) mass is 664 g/mol. The maximum Gasteiger partial charge on any atom is 0.355 e. The predicted molar refractivity (Wildman–Crippen MR) is 178 cm³/mol. The molecule has 1 amide bonds. The molecule has 2 aromatic heterocycles. The summed E-state index contributed by atoms with van der Waals surface area (Å²) >= 11 is 6.84. The number of amides is 1. The molecular weight excluding hydrogens is 629 g/mol. The number of carbonyl (C=O) groups is 1. The fourth-order valence-corrected chi connectivity index (χ4v) is 6.91. The third kappa shape index (κ3) is 6.02. The van der Waals surface area contributed by atoms with E-state index in [9.17, 15) is 18.4 Å². The lowest BCUT2D eigenvalue weighted by Gasteiger charge is -2.44. The Morgan fingerprint density at radius 2 is 1.81 bits per heavy atom. The Hall–Kier alpha value is -4.22. The molecule has 2 atom stereocenters. The number of anilines is 1. The number of likely N-dealkylation sites (tertiary alicyclic amines) is 1. The van der Waals surface area contributed by atoms with Crippen molar-refractivity contribution in [3.05, 3.63) is 93.6 Å². The van der Waals surface area contributed by atoms with Crippen LogP contribution in [0, 0.1) is 5.82 Å². The van der Waals surface area contributed by atoms with Crippen molar-refractivity contribution in [2.24, 2.45) is 0 Å². The van der Waals surface area contributed by atoms with Crippen molar-refractivity contribution >= 4 is 34.4 Å². The van der Waals surface area contributed by atoms with Crippen LogP contribution in [-0.4, -0.2) is 74.4 Å². The molecule has 4 heterocycles. The lowest BCUT2D eigenvalue weighted by Crippen LogP contribution is -2.58. The first-order valence-corrected chi connectivity index (χ1v) is 16.0. The van der Waals surface area contributed by atoms with Crippen molar-refractivity contribution in [3.8, 4) is 16.9 Å². The third-order valence-electron chi connectivity index (χ3n) is 8.95. The number of aromatic nitrogens is 3. The number of nitrogens with zero attached hydrogens (tertiary/aromatic N) is 6. The fraction of sp³-hybridized carbons (Fsp3) is 0.371. The normalized spacial score (nSPS) is 19.7. The van der Waals surface area contributed by atoms with Crippen molar-refractivity contribution in [3.63, 3.8) is 0 Å². The zero-order valence-electron chi connectivity index (χ0n) is 26.7. The predicted octanol–water partition coefficient (Wildman–Crippen LogP) is 6.43. The maximum absolute atomic E-state index is 15.1. The van der Waals surface area contributed by atoms with Crippen LogP contribution >= 0.6 is 11.6 Å². The van der Waals surface area contributed by atoms with Crippen LogP contribution in [-0.2, 0) is 11.3 Å². The summed E-state index contributed by atoms with van der Waals surface area (Å²) in [7, 11) is 0. The fourth-order valence-electron chi connectivity index (χ4n) is 6.65. The minimum Gasteiger partial charge on any atom is -0.349 e. The van der Waals surface area contributed by atoms with Crippen molar-refractivity contribution < 1.29 is 18.0 Å². The minimum atomic E-state index is -2.76. The molecule has 2 fully saturated rings. The Morgan fingerprint density at radius 3 is 2.47 bits per heavy atom. The number of piperazine rings is 1. The van der Waals surface area contributed by atoms with Crippen LogP contribution in [0.4, 0.5) is 19.0 Å². The van der Waals surface area contributed by atoms with Crippen molar-refractivity contribution in [1.29, 1.82) is 0 Å². The summed E-state index contributed by atoms with van der Waals surface area (Å²) in [6.07, 6.45) is 1.28. The Kier molecular flexibility index (Phi) is 8.65. The topological polar surface area (TPSA) is 74.6 Å².